The molecule has 98 valence electrons. The summed E-state index contributed by atoms with van der Waals surface area (Å²) in [5.41, 5.74) is 0.887. The van der Waals surface area contributed by atoms with E-state index in [9.17, 15) is 15.0 Å². The zero-order valence-corrected chi connectivity index (χ0v) is 10.0. The molecule has 0 saturated carbocycles. The first-order chi connectivity index (χ1) is 8.68. The van der Waals surface area contributed by atoms with E-state index < -0.39 is 18.4 Å². The zero-order chi connectivity index (χ0) is 13.0. The molecule has 2 rings (SSSR count). The number of aliphatic hydroxyl groups excluding tert-OH is 2. The van der Waals surface area contributed by atoms with Crippen molar-refractivity contribution in [2.75, 3.05) is 6.54 Å². The molecule has 0 aliphatic carbocycles. The average molecular weight is 251 g/mol. The Bertz CT molecular complexity index is 395. The van der Waals surface area contributed by atoms with E-state index in [2.05, 4.69) is 0 Å². The van der Waals surface area contributed by atoms with E-state index in [-0.39, 0.29) is 6.61 Å². The fourth-order valence-corrected chi connectivity index (χ4v) is 1.96. The molecule has 0 radical (unpaired) electrons. The number of hydrogen-bond acceptors (Lipinski definition) is 4. The molecule has 0 aromatic heterocycles. The third kappa shape index (κ3) is 3.00. The van der Waals surface area contributed by atoms with Gasteiger partial charge in [-0.25, -0.2) is 4.79 Å². The molecule has 1 aromatic carbocycles. The van der Waals surface area contributed by atoms with Crippen molar-refractivity contribution in [3.8, 4) is 0 Å². The number of amides is 1. The Balaban J connectivity index is 1.88. The van der Waals surface area contributed by atoms with Gasteiger partial charge >= 0.3 is 6.09 Å². The van der Waals surface area contributed by atoms with E-state index in [0.29, 0.717) is 19.4 Å². The summed E-state index contributed by atoms with van der Waals surface area (Å²) < 4.78 is 5.10. The lowest BCUT2D eigenvalue weighted by atomic mass is 10.1. The van der Waals surface area contributed by atoms with Gasteiger partial charge in [0.25, 0.3) is 0 Å². The van der Waals surface area contributed by atoms with Crippen molar-refractivity contribution in [2.45, 2.75) is 31.8 Å². The Morgan fingerprint density at radius 2 is 2.06 bits per heavy atom. The Morgan fingerprint density at radius 3 is 2.78 bits per heavy atom. The number of hydrogen-bond donors (Lipinski definition) is 2. The van der Waals surface area contributed by atoms with Crippen LogP contribution in [-0.4, -0.2) is 40.1 Å². The minimum atomic E-state index is -1.16. The van der Waals surface area contributed by atoms with Gasteiger partial charge in [0, 0.05) is 6.54 Å². The van der Waals surface area contributed by atoms with Gasteiger partial charge in [-0.05, 0) is 18.4 Å². The summed E-state index contributed by atoms with van der Waals surface area (Å²) >= 11 is 0. The molecule has 18 heavy (non-hydrogen) atoms. The molecule has 1 saturated heterocycles. The van der Waals surface area contributed by atoms with Crippen molar-refractivity contribution < 1.29 is 19.7 Å². The third-order valence-corrected chi connectivity index (χ3v) is 3.00. The van der Waals surface area contributed by atoms with Gasteiger partial charge in [-0.3, -0.25) is 4.90 Å². The van der Waals surface area contributed by atoms with Crippen LogP contribution in [0.3, 0.4) is 0 Å². The van der Waals surface area contributed by atoms with Crippen LogP contribution in [0.4, 0.5) is 4.79 Å². The highest BCUT2D eigenvalue weighted by atomic mass is 16.6. The van der Waals surface area contributed by atoms with E-state index in [1.165, 1.54) is 0 Å². The fraction of sp³-hybridized carbons (Fsp3) is 0.462. The van der Waals surface area contributed by atoms with Crippen molar-refractivity contribution in [1.29, 1.82) is 0 Å². The number of nitrogens with zero attached hydrogens (tertiary/aromatic N) is 1. The number of ether oxygens (including phenoxy) is 1. The van der Waals surface area contributed by atoms with Gasteiger partial charge in [-0.2, -0.15) is 0 Å². The van der Waals surface area contributed by atoms with Crippen LogP contribution in [-0.2, 0) is 11.3 Å². The number of carbonyl (C=O) groups excluding carboxylic acids is 1. The number of benzene rings is 1. The summed E-state index contributed by atoms with van der Waals surface area (Å²) in [6.07, 6.45) is -1.47. The van der Waals surface area contributed by atoms with Gasteiger partial charge in [0.05, 0.1) is 6.10 Å². The summed E-state index contributed by atoms with van der Waals surface area (Å²) in [6, 6.07) is 9.32. The molecule has 1 amide bonds. The number of rotatable bonds is 2. The minimum absolute atomic E-state index is 0.166. The molecule has 2 N–H and O–H groups in total. The van der Waals surface area contributed by atoms with Gasteiger partial charge in [0.15, 0.2) is 6.23 Å². The van der Waals surface area contributed by atoms with E-state index in [0.717, 1.165) is 10.5 Å². The predicted molar refractivity (Wildman–Crippen MR) is 64.6 cm³/mol. The van der Waals surface area contributed by atoms with Crippen molar-refractivity contribution in [3.63, 3.8) is 0 Å². The molecule has 2 atom stereocenters. The van der Waals surface area contributed by atoms with Crippen LogP contribution in [0.5, 0.6) is 0 Å². The Hall–Kier alpha value is -1.59. The molecule has 0 spiro atoms. The molecular formula is C13H17NO4. The first kappa shape index (κ1) is 12.9. The lowest BCUT2D eigenvalue weighted by Crippen LogP contribution is -2.51. The van der Waals surface area contributed by atoms with E-state index >= 15 is 0 Å². The number of likely N-dealkylation sites (tertiary alicyclic amines) is 1. The van der Waals surface area contributed by atoms with E-state index in [1.807, 2.05) is 30.3 Å². The quantitative estimate of drug-likeness (QED) is 0.825. The van der Waals surface area contributed by atoms with E-state index in [1.54, 1.807) is 0 Å². The topological polar surface area (TPSA) is 70.0 Å². The van der Waals surface area contributed by atoms with Crippen LogP contribution in [0.2, 0.25) is 0 Å². The Morgan fingerprint density at radius 1 is 1.33 bits per heavy atom. The standard InChI is InChI=1S/C13H17NO4/c15-11-7-4-8-14(12(11)16)13(17)18-9-10-5-2-1-3-6-10/h1-3,5-6,11-12,15-16H,4,7-9H2/t11-,12?/m0/s1. The smallest absolute Gasteiger partial charge is 0.412 e. The van der Waals surface area contributed by atoms with Crippen LogP contribution in [0.15, 0.2) is 30.3 Å². The summed E-state index contributed by atoms with van der Waals surface area (Å²) in [4.78, 5) is 12.9. The molecule has 1 aromatic rings. The molecule has 0 bridgehead atoms. The second kappa shape index (κ2) is 5.84. The maximum atomic E-state index is 11.8. The molecule has 1 unspecified atom stereocenters. The first-order valence-corrected chi connectivity index (χ1v) is 6.02. The van der Waals surface area contributed by atoms with Crippen LogP contribution < -0.4 is 0 Å². The van der Waals surface area contributed by atoms with Crippen LogP contribution >= 0.6 is 0 Å². The third-order valence-electron chi connectivity index (χ3n) is 3.00. The average Bonchev–Trinajstić information content (AvgIpc) is 2.40. The zero-order valence-electron chi connectivity index (χ0n) is 10.0. The molecule has 1 heterocycles. The molecule has 1 fully saturated rings. The summed E-state index contributed by atoms with van der Waals surface area (Å²) in [5.74, 6) is 0. The second-order valence-electron chi connectivity index (χ2n) is 4.36. The predicted octanol–water partition coefficient (Wildman–Crippen LogP) is 1.10. The first-order valence-electron chi connectivity index (χ1n) is 6.02. The Labute approximate surface area is 106 Å². The lowest BCUT2D eigenvalue weighted by molar-refractivity contribution is -0.0982. The number of piperidine rings is 1. The Kier molecular flexibility index (Phi) is 4.17. The second-order valence-corrected chi connectivity index (χ2v) is 4.36. The molecule has 5 nitrogen and oxygen atoms in total. The van der Waals surface area contributed by atoms with Crippen molar-refractivity contribution in [1.82, 2.24) is 4.90 Å². The lowest BCUT2D eigenvalue weighted by Gasteiger charge is -2.34. The van der Waals surface area contributed by atoms with E-state index in [4.69, 9.17) is 4.74 Å². The van der Waals surface area contributed by atoms with Gasteiger partial charge < -0.3 is 14.9 Å². The van der Waals surface area contributed by atoms with Crippen LogP contribution in [0.25, 0.3) is 0 Å². The van der Waals surface area contributed by atoms with Gasteiger partial charge in [0.2, 0.25) is 0 Å². The molecular weight excluding hydrogens is 234 g/mol. The van der Waals surface area contributed by atoms with Gasteiger partial charge in [0.1, 0.15) is 6.61 Å². The maximum absolute atomic E-state index is 11.8. The monoisotopic (exact) mass is 251 g/mol. The molecule has 1 aliphatic heterocycles. The highest BCUT2D eigenvalue weighted by Crippen LogP contribution is 2.17. The van der Waals surface area contributed by atoms with Crippen molar-refractivity contribution >= 4 is 6.09 Å². The fourth-order valence-electron chi connectivity index (χ4n) is 1.96. The summed E-state index contributed by atoms with van der Waals surface area (Å²) in [7, 11) is 0. The highest BCUT2D eigenvalue weighted by molar-refractivity contribution is 5.68. The summed E-state index contributed by atoms with van der Waals surface area (Å²) in [5, 5.41) is 19.2. The normalized spacial score (nSPS) is 23.8. The maximum Gasteiger partial charge on any atom is 0.412 e. The molecule has 5 heteroatoms. The van der Waals surface area contributed by atoms with Gasteiger partial charge in [-0.1, -0.05) is 30.3 Å². The largest absolute Gasteiger partial charge is 0.444 e. The van der Waals surface area contributed by atoms with Crippen LogP contribution in [0, 0.1) is 0 Å². The number of aliphatic hydroxyl groups is 2. The SMILES string of the molecule is O=C(OCc1ccccc1)N1CCC[C@H](O)C1O. The number of carbonyl (C=O) groups is 1. The highest BCUT2D eigenvalue weighted by Gasteiger charge is 2.32. The van der Waals surface area contributed by atoms with Crippen molar-refractivity contribution in [3.05, 3.63) is 35.9 Å². The van der Waals surface area contributed by atoms with Crippen LogP contribution in [0.1, 0.15) is 18.4 Å². The van der Waals surface area contributed by atoms with Crippen molar-refractivity contribution in [2.24, 2.45) is 0 Å². The van der Waals surface area contributed by atoms with Gasteiger partial charge in [-0.15, -0.1) is 0 Å². The molecule has 1 aliphatic rings. The summed E-state index contributed by atoms with van der Waals surface area (Å²) in [6.45, 7) is 0.574. The minimum Gasteiger partial charge on any atom is -0.444 e.